The molecule has 4 nitrogen and oxygen atoms in total. The third-order valence-electron chi connectivity index (χ3n) is 3.87. The molecule has 0 saturated heterocycles. The summed E-state index contributed by atoms with van der Waals surface area (Å²) in [5.41, 5.74) is 8.82. The van der Waals surface area contributed by atoms with Crippen LogP contribution in [0.1, 0.15) is 11.1 Å². The number of rotatable bonds is 8. The molecule has 3 rings (SSSR count). The van der Waals surface area contributed by atoms with E-state index in [0.29, 0.717) is 23.6 Å². The van der Waals surface area contributed by atoms with Gasteiger partial charge in [0.15, 0.2) is 11.5 Å². The van der Waals surface area contributed by atoms with Crippen LogP contribution in [0.25, 0.3) is 0 Å². The number of hydrogen-bond donors (Lipinski definition) is 2. The molecule has 3 aromatic rings. The molecule has 0 heterocycles. The molecule has 0 bridgehead atoms. The summed E-state index contributed by atoms with van der Waals surface area (Å²) in [5.74, 6) is 0.912. The van der Waals surface area contributed by atoms with Crippen LogP contribution in [0.4, 0.5) is 10.1 Å². The highest BCUT2D eigenvalue weighted by atomic mass is 19.1. The molecule has 0 atom stereocenters. The first-order valence-electron chi connectivity index (χ1n) is 8.33. The van der Waals surface area contributed by atoms with Gasteiger partial charge in [-0.3, -0.25) is 0 Å². The minimum atomic E-state index is -0.278. The standard InChI is InChI=1S/C21H21FN2O2/c1-25-21-13-16(14-23-24-18-8-3-2-4-9-18)11-12-20(21)26-15-17-7-5-6-10-19(17)22/h2-13,23-24H,14-15H2,1H3. The molecule has 3 aromatic carbocycles. The van der Waals surface area contributed by atoms with Crippen LogP contribution in [-0.2, 0) is 13.2 Å². The molecule has 0 spiro atoms. The lowest BCUT2D eigenvalue weighted by Crippen LogP contribution is -2.20. The summed E-state index contributed by atoms with van der Waals surface area (Å²) in [7, 11) is 1.59. The molecule has 0 unspecified atom stereocenters. The van der Waals surface area contributed by atoms with Crippen LogP contribution >= 0.6 is 0 Å². The number of methoxy groups -OCH3 is 1. The first-order chi connectivity index (χ1) is 12.8. The summed E-state index contributed by atoms with van der Waals surface area (Å²) in [6.45, 7) is 0.759. The van der Waals surface area contributed by atoms with E-state index < -0.39 is 0 Å². The normalized spacial score (nSPS) is 10.4. The summed E-state index contributed by atoms with van der Waals surface area (Å²) < 4.78 is 24.8. The van der Waals surface area contributed by atoms with Crippen LogP contribution in [0, 0.1) is 5.82 Å². The van der Waals surface area contributed by atoms with Gasteiger partial charge in [0.05, 0.1) is 7.11 Å². The van der Waals surface area contributed by atoms with Crippen molar-refractivity contribution in [3.05, 3.63) is 89.7 Å². The summed E-state index contributed by atoms with van der Waals surface area (Å²) in [6, 6.07) is 22.1. The largest absolute Gasteiger partial charge is 0.493 e. The minimum absolute atomic E-state index is 0.149. The number of halogens is 1. The molecule has 0 aliphatic carbocycles. The fraction of sp³-hybridized carbons (Fsp3) is 0.143. The first-order valence-corrected chi connectivity index (χ1v) is 8.33. The Morgan fingerprint density at radius 3 is 2.42 bits per heavy atom. The van der Waals surface area contributed by atoms with Crippen molar-refractivity contribution in [3.8, 4) is 11.5 Å². The Hall–Kier alpha value is -3.05. The second-order valence-corrected chi connectivity index (χ2v) is 5.71. The van der Waals surface area contributed by atoms with Crippen LogP contribution in [0.2, 0.25) is 0 Å². The third kappa shape index (κ3) is 4.74. The fourth-order valence-electron chi connectivity index (χ4n) is 2.48. The van der Waals surface area contributed by atoms with Crippen molar-refractivity contribution < 1.29 is 13.9 Å². The molecule has 0 radical (unpaired) electrons. The highest BCUT2D eigenvalue weighted by molar-refractivity contribution is 5.44. The van der Waals surface area contributed by atoms with Crippen molar-refractivity contribution in [2.45, 2.75) is 13.2 Å². The zero-order chi connectivity index (χ0) is 18.2. The van der Waals surface area contributed by atoms with Gasteiger partial charge in [0.1, 0.15) is 12.4 Å². The molecule has 26 heavy (non-hydrogen) atoms. The van der Waals surface area contributed by atoms with E-state index in [1.807, 2.05) is 48.5 Å². The second-order valence-electron chi connectivity index (χ2n) is 5.71. The summed E-state index contributed by atoms with van der Waals surface area (Å²) >= 11 is 0. The Labute approximate surface area is 152 Å². The molecule has 0 amide bonds. The van der Waals surface area contributed by atoms with E-state index in [0.717, 1.165) is 11.3 Å². The molecular weight excluding hydrogens is 331 g/mol. The average molecular weight is 352 g/mol. The molecule has 0 aliphatic heterocycles. The monoisotopic (exact) mass is 352 g/mol. The molecule has 0 aliphatic rings. The van der Waals surface area contributed by atoms with E-state index >= 15 is 0 Å². The average Bonchev–Trinajstić information content (AvgIpc) is 2.68. The lowest BCUT2D eigenvalue weighted by molar-refractivity contribution is 0.279. The van der Waals surface area contributed by atoms with E-state index in [2.05, 4.69) is 10.9 Å². The highest BCUT2D eigenvalue weighted by Crippen LogP contribution is 2.29. The van der Waals surface area contributed by atoms with Crippen LogP contribution < -0.4 is 20.3 Å². The van der Waals surface area contributed by atoms with Crippen molar-refractivity contribution in [1.82, 2.24) is 5.43 Å². The fourth-order valence-corrected chi connectivity index (χ4v) is 2.48. The number of hydrogen-bond acceptors (Lipinski definition) is 4. The van der Waals surface area contributed by atoms with Crippen LogP contribution in [0.3, 0.4) is 0 Å². The molecule has 134 valence electrons. The van der Waals surface area contributed by atoms with E-state index in [4.69, 9.17) is 9.47 Å². The van der Waals surface area contributed by atoms with Gasteiger partial charge in [-0.1, -0.05) is 42.5 Å². The van der Waals surface area contributed by atoms with Gasteiger partial charge in [0, 0.05) is 17.8 Å². The predicted octanol–water partition coefficient (Wildman–Crippen LogP) is 4.53. The third-order valence-corrected chi connectivity index (χ3v) is 3.87. The SMILES string of the molecule is COc1cc(CNNc2ccccc2)ccc1OCc1ccccc1F. The van der Waals surface area contributed by atoms with Gasteiger partial charge in [-0.2, -0.15) is 0 Å². The van der Waals surface area contributed by atoms with E-state index in [9.17, 15) is 4.39 Å². The van der Waals surface area contributed by atoms with Crippen LogP contribution in [0.15, 0.2) is 72.8 Å². The smallest absolute Gasteiger partial charge is 0.161 e. The number of nitrogens with one attached hydrogen (secondary N) is 2. The van der Waals surface area contributed by atoms with Crippen LogP contribution in [-0.4, -0.2) is 7.11 Å². The van der Waals surface area contributed by atoms with E-state index in [-0.39, 0.29) is 12.4 Å². The zero-order valence-electron chi connectivity index (χ0n) is 14.5. The summed E-state index contributed by atoms with van der Waals surface area (Å²) in [6.07, 6.45) is 0. The first kappa shape index (κ1) is 17.8. The second kappa shape index (κ2) is 8.87. The number of para-hydroxylation sites is 1. The van der Waals surface area contributed by atoms with E-state index in [1.54, 1.807) is 25.3 Å². The minimum Gasteiger partial charge on any atom is -0.493 e. The van der Waals surface area contributed by atoms with Gasteiger partial charge in [0.2, 0.25) is 0 Å². The number of anilines is 1. The van der Waals surface area contributed by atoms with Crippen molar-refractivity contribution in [2.75, 3.05) is 12.5 Å². The predicted molar refractivity (Wildman–Crippen MR) is 101 cm³/mol. The molecule has 2 N–H and O–H groups in total. The Morgan fingerprint density at radius 1 is 0.885 bits per heavy atom. The van der Waals surface area contributed by atoms with Crippen LogP contribution in [0.5, 0.6) is 11.5 Å². The van der Waals surface area contributed by atoms with Gasteiger partial charge in [-0.25, -0.2) is 9.82 Å². The maximum absolute atomic E-state index is 13.7. The highest BCUT2D eigenvalue weighted by Gasteiger charge is 2.08. The summed E-state index contributed by atoms with van der Waals surface area (Å²) in [4.78, 5) is 0. The topological polar surface area (TPSA) is 42.5 Å². The lowest BCUT2D eigenvalue weighted by atomic mass is 10.2. The lowest BCUT2D eigenvalue weighted by Gasteiger charge is -2.13. The van der Waals surface area contributed by atoms with Gasteiger partial charge < -0.3 is 14.9 Å². The van der Waals surface area contributed by atoms with Gasteiger partial charge in [-0.05, 0) is 35.9 Å². The Morgan fingerprint density at radius 2 is 1.65 bits per heavy atom. The maximum atomic E-state index is 13.7. The maximum Gasteiger partial charge on any atom is 0.161 e. The molecule has 0 fully saturated rings. The van der Waals surface area contributed by atoms with Crippen molar-refractivity contribution in [1.29, 1.82) is 0 Å². The Bertz CT molecular complexity index is 840. The Kier molecular flexibility index (Phi) is 6.06. The van der Waals surface area contributed by atoms with Crippen molar-refractivity contribution in [3.63, 3.8) is 0 Å². The number of benzene rings is 3. The Balaban J connectivity index is 1.59. The molecule has 5 heteroatoms. The number of hydrazine groups is 1. The van der Waals surface area contributed by atoms with Gasteiger partial charge in [-0.15, -0.1) is 0 Å². The van der Waals surface area contributed by atoms with E-state index in [1.165, 1.54) is 6.07 Å². The number of ether oxygens (including phenoxy) is 2. The molecular formula is C21H21FN2O2. The van der Waals surface area contributed by atoms with Crippen molar-refractivity contribution in [2.24, 2.45) is 0 Å². The quantitative estimate of drug-likeness (QED) is 0.585. The van der Waals surface area contributed by atoms with Gasteiger partial charge >= 0.3 is 0 Å². The van der Waals surface area contributed by atoms with Crippen molar-refractivity contribution >= 4 is 5.69 Å². The molecule has 0 aromatic heterocycles. The molecule has 0 saturated carbocycles. The van der Waals surface area contributed by atoms with Gasteiger partial charge in [0.25, 0.3) is 0 Å². The zero-order valence-corrected chi connectivity index (χ0v) is 14.5. The summed E-state index contributed by atoms with van der Waals surface area (Å²) in [5, 5.41) is 0.